The second-order valence-corrected chi connectivity index (χ2v) is 8.05. The van der Waals surface area contributed by atoms with Gasteiger partial charge in [-0.15, -0.1) is 0 Å². The number of amides is 2. The molecule has 1 saturated heterocycles. The summed E-state index contributed by atoms with van der Waals surface area (Å²) in [4.78, 5) is 31.0. The fourth-order valence-corrected chi connectivity index (χ4v) is 4.04. The number of rotatable bonds is 8. The molecule has 1 atom stereocenters. The Morgan fingerprint density at radius 3 is 2.90 bits per heavy atom. The summed E-state index contributed by atoms with van der Waals surface area (Å²) in [6.07, 6.45) is 7.97. The molecular formula is C23H28ClN3O3. The number of methoxy groups -OCH3 is 1. The minimum absolute atomic E-state index is 0.0451. The number of likely N-dealkylation sites (tertiary alicyclic amines) is 1. The van der Waals surface area contributed by atoms with E-state index < -0.39 is 0 Å². The number of aromatic nitrogens is 1. The highest BCUT2D eigenvalue weighted by atomic mass is 35.5. The molecule has 0 bridgehead atoms. The quantitative estimate of drug-likeness (QED) is 0.677. The van der Waals surface area contributed by atoms with E-state index in [1.54, 1.807) is 37.7 Å². The molecule has 7 heteroatoms. The van der Waals surface area contributed by atoms with E-state index >= 15 is 0 Å². The van der Waals surface area contributed by atoms with E-state index in [-0.39, 0.29) is 11.8 Å². The molecule has 0 aliphatic carbocycles. The molecule has 30 heavy (non-hydrogen) atoms. The van der Waals surface area contributed by atoms with E-state index in [2.05, 4.69) is 10.3 Å². The first kappa shape index (κ1) is 22.1. The van der Waals surface area contributed by atoms with Crippen LogP contribution in [0.15, 0.2) is 42.7 Å². The van der Waals surface area contributed by atoms with Crippen molar-refractivity contribution in [3.63, 3.8) is 0 Å². The van der Waals surface area contributed by atoms with E-state index in [9.17, 15) is 9.59 Å². The molecule has 160 valence electrons. The molecule has 0 radical (unpaired) electrons. The molecule has 2 amide bonds. The second-order valence-electron chi connectivity index (χ2n) is 7.65. The van der Waals surface area contributed by atoms with Crippen LogP contribution in [0, 0.1) is 5.92 Å². The molecule has 0 saturated carbocycles. The Morgan fingerprint density at radius 2 is 2.17 bits per heavy atom. The number of benzene rings is 1. The van der Waals surface area contributed by atoms with Crippen LogP contribution >= 0.6 is 11.6 Å². The van der Waals surface area contributed by atoms with Crippen molar-refractivity contribution in [3.8, 4) is 5.75 Å². The maximum absolute atomic E-state index is 12.6. The van der Waals surface area contributed by atoms with E-state index in [1.807, 2.05) is 17.0 Å². The molecule has 0 spiro atoms. The first-order chi connectivity index (χ1) is 14.5. The molecule has 1 aromatic carbocycles. The number of carbonyl (C=O) groups is 2. The maximum Gasteiger partial charge on any atom is 0.224 e. The first-order valence-electron chi connectivity index (χ1n) is 10.3. The summed E-state index contributed by atoms with van der Waals surface area (Å²) in [5.74, 6) is 1.06. The molecule has 2 heterocycles. The smallest absolute Gasteiger partial charge is 0.224 e. The minimum atomic E-state index is -0.0451. The third-order valence-electron chi connectivity index (χ3n) is 5.44. The minimum Gasteiger partial charge on any atom is -0.495 e. The highest BCUT2D eigenvalue weighted by Gasteiger charge is 2.24. The van der Waals surface area contributed by atoms with Crippen molar-refractivity contribution in [2.75, 3.05) is 25.5 Å². The number of ether oxygens (including phenoxy) is 1. The number of nitrogens with one attached hydrogen (secondary N) is 1. The number of carbonyl (C=O) groups excluding carboxylic acids is 2. The van der Waals surface area contributed by atoms with Gasteiger partial charge in [0.2, 0.25) is 11.8 Å². The van der Waals surface area contributed by atoms with Crippen molar-refractivity contribution in [1.29, 1.82) is 0 Å². The third kappa shape index (κ3) is 6.46. The van der Waals surface area contributed by atoms with E-state index in [0.717, 1.165) is 37.9 Å². The van der Waals surface area contributed by atoms with Crippen molar-refractivity contribution in [1.82, 2.24) is 9.88 Å². The molecule has 3 rings (SSSR count). The monoisotopic (exact) mass is 429 g/mol. The largest absolute Gasteiger partial charge is 0.495 e. The summed E-state index contributed by atoms with van der Waals surface area (Å²) in [7, 11) is 1.55. The normalized spacial score (nSPS) is 16.2. The Bertz CT molecular complexity index is 860. The van der Waals surface area contributed by atoms with Crippen LogP contribution < -0.4 is 10.1 Å². The predicted octanol–water partition coefficient (Wildman–Crippen LogP) is 4.33. The van der Waals surface area contributed by atoms with Gasteiger partial charge in [-0.3, -0.25) is 14.6 Å². The summed E-state index contributed by atoms with van der Waals surface area (Å²) in [6, 6.07) is 9.07. The van der Waals surface area contributed by atoms with Crippen molar-refractivity contribution in [2.45, 2.75) is 38.5 Å². The van der Waals surface area contributed by atoms with Crippen molar-refractivity contribution in [2.24, 2.45) is 5.92 Å². The molecule has 1 N–H and O–H groups in total. The zero-order chi connectivity index (χ0) is 21.3. The lowest BCUT2D eigenvalue weighted by Crippen LogP contribution is -2.40. The summed E-state index contributed by atoms with van der Waals surface area (Å²) in [5, 5.41) is 3.34. The molecule has 1 aliphatic heterocycles. The van der Waals surface area contributed by atoms with Gasteiger partial charge in [0.15, 0.2) is 0 Å². The fraction of sp³-hybridized carbons (Fsp3) is 0.435. The highest BCUT2D eigenvalue weighted by molar-refractivity contribution is 6.32. The first-order valence-corrected chi connectivity index (χ1v) is 10.7. The zero-order valence-corrected chi connectivity index (χ0v) is 18.0. The predicted molar refractivity (Wildman–Crippen MR) is 118 cm³/mol. The molecule has 2 aromatic rings. The van der Waals surface area contributed by atoms with Crippen molar-refractivity contribution >= 4 is 29.1 Å². The standard InChI is InChI=1S/C23H28ClN3O3/c1-30-21-9-8-19(14-20(21)24)26-22(28)10-6-18-5-3-13-27(16-18)23(29)11-7-17-4-2-12-25-15-17/h2,4,8-9,12,14-15,18H,3,5-7,10-11,13,16H2,1H3,(H,26,28)/t18-/m1/s1. The summed E-state index contributed by atoms with van der Waals surface area (Å²) >= 11 is 6.11. The van der Waals surface area contributed by atoms with Gasteiger partial charge in [0.1, 0.15) is 5.75 Å². The third-order valence-corrected chi connectivity index (χ3v) is 5.73. The number of anilines is 1. The molecule has 0 unspecified atom stereocenters. The van der Waals surface area contributed by atoms with Crippen LogP contribution in [0.25, 0.3) is 0 Å². The van der Waals surface area contributed by atoms with Crippen LogP contribution in [0.1, 0.15) is 37.7 Å². The number of hydrogen-bond acceptors (Lipinski definition) is 4. The average Bonchev–Trinajstić information content (AvgIpc) is 2.77. The van der Waals surface area contributed by atoms with Crippen LogP contribution in [-0.4, -0.2) is 41.9 Å². The average molecular weight is 430 g/mol. The Labute approximate surface area is 182 Å². The highest BCUT2D eigenvalue weighted by Crippen LogP contribution is 2.27. The molecule has 1 aliphatic rings. The number of halogens is 1. The van der Waals surface area contributed by atoms with Crippen molar-refractivity contribution in [3.05, 3.63) is 53.3 Å². The van der Waals surface area contributed by atoms with Crippen LogP contribution in [0.2, 0.25) is 5.02 Å². The van der Waals surface area contributed by atoms with Crippen LogP contribution in [0.3, 0.4) is 0 Å². The van der Waals surface area contributed by atoms with E-state index in [0.29, 0.717) is 41.6 Å². The van der Waals surface area contributed by atoms with Crippen LogP contribution in [0.4, 0.5) is 5.69 Å². The topological polar surface area (TPSA) is 71.5 Å². The zero-order valence-electron chi connectivity index (χ0n) is 17.3. The lowest BCUT2D eigenvalue weighted by Gasteiger charge is -2.33. The van der Waals surface area contributed by atoms with Crippen LogP contribution in [0.5, 0.6) is 5.75 Å². The van der Waals surface area contributed by atoms with Gasteiger partial charge in [-0.25, -0.2) is 0 Å². The Kier molecular flexibility index (Phi) is 8.08. The lowest BCUT2D eigenvalue weighted by molar-refractivity contribution is -0.133. The van der Waals surface area contributed by atoms with E-state index in [1.165, 1.54) is 0 Å². The van der Waals surface area contributed by atoms with Gasteiger partial charge in [-0.1, -0.05) is 17.7 Å². The number of aryl methyl sites for hydroxylation is 1. The molecule has 1 fully saturated rings. The number of hydrogen-bond donors (Lipinski definition) is 1. The SMILES string of the molecule is COc1ccc(NC(=O)CC[C@H]2CCCN(C(=O)CCc3cccnc3)C2)cc1Cl. The lowest BCUT2D eigenvalue weighted by atomic mass is 9.93. The molecule has 6 nitrogen and oxygen atoms in total. The summed E-state index contributed by atoms with van der Waals surface area (Å²) < 4.78 is 5.12. The van der Waals surface area contributed by atoms with E-state index in [4.69, 9.17) is 16.3 Å². The summed E-state index contributed by atoms with van der Waals surface area (Å²) in [5.41, 5.74) is 1.73. The van der Waals surface area contributed by atoms with Gasteiger partial charge in [0.05, 0.1) is 12.1 Å². The molecule has 1 aromatic heterocycles. The van der Waals surface area contributed by atoms with Gasteiger partial charge in [0.25, 0.3) is 0 Å². The molecular weight excluding hydrogens is 402 g/mol. The number of nitrogens with zero attached hydrogens (tertiary/aromatic N) is 2. The van der Waals surface area contributed by atoms with Gasteiger partial charge >= 0.3 is 0 Å². The van der Waals surface area contributed by atoms with Gasteiger partial charge < -0.3 is 15.0 Å². The fourth-order valence-electron chi connectivity index (χ4n) is 3.79. The Morgan fingerprint density at radius 1 is 1.30 bits per heavy atom. The number of pyridine rings is 1. The number of piperidine rings is 1. The maximum atomic E-state index is 12.6. The van der Waals surface area contributed by atoms with Crippen LogP contribution in [-0.2, 0) is 16.0 Å². The van der Waals surface area contributed by atoms with Crippen molar-refractivity contribution < 1.29 is 14.3 Å². The second kappa shape index (κ2) is 11.0. The Balaban J connectivity index is 1.42. The van der Waals surface area contributed by atoms with Gasteiger partial charge in [-0.05, 0) is 61.4 Å². The van der Waals surface area contributed by atoms with Gasteiger partial charge in [-0.2, -0.15) is 0 Å². The Hall–Kier alpha value is -2.60. The van der Waals surface area contributed by atoms with Gasteiger partial charge in [0, 0.05) is 44.0 Å². The summed E-state index contributed by atoms with van der Waals surface area (Å²) in [6.45, 7) is 1.53.